The monoisotopic (exact) mass is 392 g/mol. The van der Waals surface area contributed by atoms with Crippen LogP contribution in [0, 0.1) is 0 Å². The molecule has 0 amide bonds. The number of methoxy groups -OCH3 is 1. The third-order valence-corrected chi connectivity index (χ3v) is 5.23. The summed E-state index contributed by atoms with van der Waals surface area (Å²) in [6, 6.07) is 9.05. The molecule has 0 bridgehead atoms. The number of carboxylic acid groups (broad SMARTS) is 1. The van der Waals surface area contributed by atoms with Crippen LogP contribution in [0.2, 0.25) is 0 Å². The predicted molar refractivity (Wildman–Crippen MR) is 99.3 cm³/mol. The van der Waals surface area contributed by atoms with Crippen molar-refractivity contribution in [2.75, 3.05) is 25.1 Å². The van der Waals surface area contributed by atoms with Gasteiger partial charge in [0.1, 0.15) is 16.4 Å². The molecule has 1 saturated heterocycles. The van der Waals surface area contributed by atoms with Crippen LogP contribution < -0.4 is 19.5 Å². The lowest BCUT2D eigenvalue weighted by Gasteiger charge is -2.23. The Kier molecular flexibility index (Phi) is 5.24. The standard InChI is InChI=1S/C18H20N2O6S/c1-25-13-4-6-14(7-5-13)26-17-15(20-8-2-3-9-20)10-12(18(21)22)11-16(17)27(19,23)24/h4-7,10-11H,2-3,8-9H2,1H3,(H,21,22)(H2,19,23,24). The second-order valence-corrected chi connectivity index (χ2v) is 7.67. The van der Waals surface area contributed by atoms with Crippen LogP contribution in [0.4, 0.5) is 5.69 Å². The van der Waals surface area contributed by atoms with Crippen LogP contribution >= 0.6 is 0 Å². The molecule has 0 aromatic heterocycles. The van der Waals surface area contributed by atoms with Gasteiger partial charge in [-0.2, -0.15) is 0 Å². The number of aromatic carboxylic acids is 1. The summed E-state index contributed by atoms with van der Waals surface area (Å²) in [6.45, 7) is 1.35. The summed E-state index contributed by atoms with van der Waals surface area (Å²) in [7, 11) is -2.68. The summed E-state index contributed by atoms with van der Waals surface area (Å²) in [4.78, 5) is 13.0. The van der Waals surface area contributed by atoms with E-state index in [1.807, 2.05) is 4.90 Å². The molecule has 0 aliphatic carbocycles. The Labute approximate surface area is 157 Å². The van der Waals surface area contributed by atoms with Gasteiger partial charge in [0.15, 0.2) is 5.75 Å². The molecule has 3 N–H and O–H groups in total. The number of primary sulfonamides is 1. The fraction of sp³-hybridized carbons (Fsp3) is 0.278. The number of nitrogens with zero attached hydrogens (tertiary/aromatic N) is 1. The zero-order valence-corrected chi connectivity index (χ0v) is 15.5. The quantitative estimate of drug-likeness (QED) is 0.775. The smallest absolute Gasteiger partial charge is 0.335 e. The van der Waals surface area contributed by atoms with E-state index < -0.39 is 16.0 Å². The maximum atomic E-state index is 12.2. The number of sulfonamides is 1. The van der Waals surface area contributed by atoms with Gasteiger partial charge in [0.25, 0.3) is 0 Å². The molecule has 1 heterocycles. The number of benzene rings is 2. The average molecular weight is 392 g/mol. The Bertz CT molecular complexity index is 951. The van der Waals surface area contributed by atoms with Gasteiger partial charge in [-0.05, 0) is 49.2 Å². The van der Waals surface area contributed by atoms with E-state index in [4.69, 9.17) is 14.6 Å². The van der Waals surface area contributed by atoms with Gasteiger partial charge in [-0.25, -0.2) is 18.4 Å². The number of rotatable bonds is 6. The predicted octanol–water partition coefficient (Wildman–Crippen LogP) is 2.43. The zero-order chi connectivity index (χ0) is 19.6. The van der Waals surface area contributed by atoms with Gasteiger partial charge in [-0.15, -0.1) is 0 Å². The summed E-state index contributed by atoms with van der Waals surface area (Å²) in [5.74, 6) is -0.217. The minimum Gasteiger partial charge on any atom is -0.497 e. The highest BCUT2D eigenvalue weighted by Crippen LogP contribution is 2.40. The number of ether oxygens (including phenoxy) is 2. The third-order valence-electron chi connectivity index (χ3n) is 4.31. The van der Waals surface area contributed by atoms with E-state index in [0.29, 0.717) is 30.3 Å². The SMILES string of the molecule is COc1ccc(Oc2c(N3CCCC3)cc(C(=O)O)cc2S(N)(=O)=O)cc1. The fourth-order valence-corrected chi connectivity index (χ4v) is 3.68. The Morgan fingerprint density at radius 3 is 2.22 bits per heavy atom. The van der Waals surface area contributed by atoms with Gasteiger partial charge in [0.05, 0.1) is 18.4 Å². The highest BCUT2D eigenvalue weighted by atomic mass is 32.2. The topological polar surface area (TPSA) is 119 Å². The van der Waals surface area contributed by atoms with Crippen molar-refractivity contribution in [2.24, 2.45) is 5.14 Å². The summed E-state index contributed by atoms with van der Waals surface area (Å²) in [6.07, 6.45) is 1.84. The minimum absolute atomic E-state index is 0.0227. The van der Waals surface area contributed by atoms with Crippen molar-refractivity contribution in [3.05, 3.63) is 42.0 Å². The number of anilines is 1. The number of hydrogen-bond acceptors (Lipinski definition) is 6. The first-order valence-electron chi connectivity index (χ1n) is 8.30. The van der Waals surface area contributed by atoms with Crippen LogP contribution in [-0.2, 0) is 10.0 Å². The van der Waals surface area contributed by atoms with Crippen molar-refractivity contribution < 1.29 is 27.8 Å². The van der Waals surface area contributed by atoms with E-state index in [-0.39, 0.29) is 16.2 Å². The number of hydrogen-bond donors (Lipinski definition) is 2. The lowest BCUT2D eigenvalue weighted by molar-refractivity contribution is 0.0696. The van der Waals surface area contributed by atoms with Crippen molar-refractivity contribution in [3.63, 3.8) is 0 Å². The molecule has 0 spiro atoms. The Hall–Kier alpha value is -2.78. The molecule has 0 unspecified atom stereocenters. The molecule has 3 rings (SSSR count). The Balaban J connectivity index is 2.16. The van der Waals surface area contributed by atoms with Gasteiger partial charge >= 0.3 is 5.97 Å². The van der Waals surface area contributed by atoms with Crippen LogP contribution in [0.5, 0.6) is 17.2 Å². The second-order valence-electron chi connectivity index (χ2n) is 6.14. The van der Waals surface area contributed by atoms with Gasteiger partial charge < -0.3 is 19.5 Å². The lowest BCUT2D eigenvalue weighted by atomic mass is 10.1. The molecule has 0 radical (unpaired) electrons. The van der Waals surface area contributed by atoms with E-state index in [2.05, 4.69) is 0 Å². The van der Waals surface area contributed by atoms with Crippen LogP contribution in [0.3, 0.4) is 0 Å². The Morgan fingerprint density at radius 2 is 1.70 bits per heavy atom. The molecule has 0 atom stereocenters. The summed E-state index contributed by atoms with van der Waals surface area (Å²) in [5.41, 5.74) is 0.232. The maximum absolute atomic E-state index is 12.2. The largest absolute Gasteiger partial charge is 0.497 e. The van der Waals surface area contributed by atoms with Crippen LogP contribution in [0.1, 0.15) is 23.2 Å². The van der Waals surface area contributed by atoms with E-state index in [9.17, 15) is 18.3 Å². The molecule has 8 nitrogen and oxygen atoms in total. The molecule has 27 heavy (non-hydrogen) atoms. The highest BCUT2D eigenvalue weighted by Gasteiger charge is 2.27. The second kappa shape index (κ2) is 7.45. The van der Waals surface area contributed by atoms with Crippen molar-refractivity contribution >= 4 is 21.7 Å². The number of carboxylic acids is 1. The van der Waals surface area contributed by atoms with Crippen molar-refractivity contribution in [1.82, 2.24) is 0 Å². The van der Waals surface area contributed by atoms with E-state index in [0.717, 1.165) is 18.9 Å². The number of carbonyl (C=O) groups is 1. The molecule has 0 saturated carbocycles. The van der Waals surface area contributed by atoms with Gasteiger partial charge in [-0.3, -0.25) is 0 Å². The fourth-order valence-electron chi connectivity index (χ4n) is 2.98. The number of nitrogens with two attached hydrogens (primary N) is 1. The molecular weight excluding hydrogens is 372 g/mol. The first-order valence-corrected chi connectivity index (χ1v) is 9.85. The van der Waals surface area contributed by atoms with E-state index in [1.165, 1.54) is 13.2 Å². The molecule has 1 aliphatic heterocycles. The van der Waals surface area contributed by atoms with Gasteiger partial charge in [-0.1, -0.05) is 0 Å². The lowest BCUT2D eigenvalue weighted by Crippen LogP contribution is -2.21. The summed E-state index contributed by atoms with van der Waals surface area (Å²) < 4.78 is 35.3. The van der Waals surface area contributed by atoms with Crippen molar-refractivity contribution in [1.29, 1.82) is 0 Å². The molecular formula is C18H20N2O6S. The first-order chi connectivity index (χ1) is 12.8. The molecule has 9 heteroatoms. The zero-order valence-electron chi connectivity index (χ0n) is 14.7. The molecule has 2 aromatic carbocycles. The minimum atomic E-state index is -4.21. The summed E-state index contributed by atoms with van der Waals surface area (Å²) in [5, 5.41) is 14.7. The maximum Gasteiger partial charge on any atom is 0.335 e. The van der Waals surface area contributed by atoms with Gasteiger partial charge in [0.2, 0.25) is 10.0 Å². The van der Waals surface area contributed by atoms with E-state index >= 15 is 0 Å². The van der Waals surface area contributed by atoms with Crippen molar-refractivity contribution in [3.8, 4) is 17.2 Å². The van der Waals surface area contributed by atoms with Gasteiger partial charge in [0, 0.05) is 13.1 Å². The van der Waals surface area contributed by atoms with Crippen LogP contribution in [-0.4, -0.2) is 39.7 Å². The third kappa shape index (κ3) is 4.15. The molecule has 1 aliphatic rings. The average Bonchev–Trinajstić information content (AvgIpc) is 3.15. The Morgan fingerprint density at radius 1 is 1.11 bits per heavy atom. The van der Waals surface area contributed by atoms with Crippen LogP contribution in [0.15, 0.2) is 41.3 Å². The summed E-state index contributed by atoms with van der Waals surface area (Å²) >= 11 is 0. The van der Waals surface area contributed by atoms with Crippen molar-refractivity contribution in [2.45, 2.75) is 17.7 Å². The van der Waals surface area contributed by atoms with E-state index in [1.54, 1.807) is 24.3 Å². The normalized spacial score (nSPS) is 14.2. The first kappa shape index (κ1) is 19.0. The molecule has 2 aromatic rings. The molecule has 144 valence electrons. The highest BCUT2D eigenvalue weighted by molar-refractivity contribution is 7.89. The molecule has 1 fully saturated rings. The van der Waals surface area contributed by atoms with Crippen LogP contribution in [0.25, 0.3) is 0 Å².